The summed E-state index contributed by atoms with van der Waals surface area (Å²) in [6.45, 7) is 6.35. The van der Waals surface area contributed by atoms with Crippen LogP contribution in [0.4, 0.5) is 0 Å². The molecule has 136 valence electrons. The zero-order valence-electron chi connectivity index (χ0n) is 15.3. The van der Waals surface area contributed by atoms with Crippen molar-refractivity contribution in [2.24, 2.45) is 5.92 Å². The number of hydrogen-bond donors (Lipinski definition) is 3. The van der Waals surface area contributed by atoms with Crippen LogP contribution >= 0.6 is 0 Å². The number of nitrogens with zero attached hydrogens (tertiary/aromatic N) is 2. The summed E-state index contributed by atoms with van der Waals surface area (Å²) < 4.78 is 0. The van der Waals surface area contributed by atoms with Crippen molar-refractivity contribution in [1.29, 1.82) is 5.41 Å². The lowest BCUT2D eigenvalue weighted by Crippen LogP contribution is -2.44. The van der Waals surface area contributed by atoms with Gasteiger partial charge < -0.3 is 10.4 Å². The summed E-state index contributed by atoms with van der Waals surface area (Å²) in [6.07, 6.45) is 2.29. The molecule has 26 heavy (non-hydrogen) atoms. The lowest BCUT2D eigenvalue weighted by Gasteiger charge is -2.24. The van der Waals surface area contributed by atoms with Gasteiger partial charge >= 0.3 is 0 Å². The highest BCUT2D eigenvalue weighted by Crippen LogP contribution is 2.27. The number of amides is 1. The van der Waals surface area contributed by atoms with E-state index >= 15 is 0 Å². The first-order valence-corrected chi connectivity index (χ1v) is 8.71. The quantitative estimate of drug-likeness (QED) is 0.771. The topological polar surface area (TPSA) is 89.3 Å². The Kier molecular flexibility index (Phi) is 4.68. The molecule has 2 aromatic rings. The number of aromatic nitrogens is 1. The van der Waals surface area contributed by atoms with Gasteiger partial charge in [-0.3, -0.25) is 15.1 Å². The smallest absolute Gasteiger partial charge is 0.255 e. The molecule has 0 saturated carbocycles. The van der Waals surface area contributed by atoms with Crippen molar-refractivity contribution in [2.45, 2.75) is 39.3 Å². The number of rotatable bonds is 5. The molecule has 1 saturated heterocycles. The lowest BCUT2D eigenvalue weighted by atomic mass is 9.91. The average molecular weight is 352 g/mol. The maximum absolute atomic E-state index is 12.9. The summed E-state index contributed by atoms with van der Waals surface area (Å²) in [5.41, 5.74) is 2.05. The summed E-state index contributed by atoms with van der Waals surface area (Å²) >= 11 is 0. The van der Waals surface area contributed by atoms with Crippen LogP contribution in [0, 0.1) is 11.3 Å². The molecule has 1 fully saturated rings. The highest BCUT2D eigenvalue weighted by molar-refractivity contribution is 6.07. The Balaban J connectivity index is 1.81. The molecule has 3 rings (SSSR count). The van der Waals surface area contributed by atoms with Crippen LogP contribution in [0.1, 0.15) is 32.8 Å². The van der Waals surface area contributed by atoms with E-state index in [1.165, 1.54) is 4.90 Å². The SMILES string of the molecule is CC(C)CC1(C)NC(=N)N(Cc2cccc(-c3ccc(O)nc3)c2)C1=O. The predicted molar refractivity (Wildman–Crippen MR) is 101 cm³/mol. The van der Waals surface area contributed by atoms with Gasteiger partial charge in [-0.1, -0.05) is 32.0 Å². The monoisotopic (exact) mass is 352 g/mol. The normalized spacial score (nSPS) is 19.9. The molecule has 2 heterocycles. The number of guanidine groups is 1. The number of benzene rings is 1. The highest BCUT2D eigenvalue weighted by atomic mass is 16.3. The Morgan fingerprint density at radius 3 is 2.69 bits per heavy atom. The molecule has 0 radical (unpaired) electrons. The van der Waals surface area contributed by atoms with Crippen molar-refractivity contribution in [3.05, 3.63) is 48.2 Å². The van der Waals surface area contributed by atoms with Crippen molar-refractivity contribution >= 4 is 11.9 Å². The van der Waals surface area contributed by atoms with Crippen molar-refractivity contribution in [1.82, 2.24) is 15.2 Å². The predicted octanol–water partition coefficient (Wildman–Crippen LogP) is 3.13. The Morgan fingerprint density at radius 1 is 1.27 bits per heavy atom. The van der Waals surface area contributed by atoms with Crippen LogP contribution in [-0.4, -0.2) is 32.4 Å². The molecule has 1 unspecified atom stereocenters. The number of nitrogens with one attached hydrogen (secondary N) is 2. The second-order valence-corrected chi connectivity index (χ2v) is 7.40. The number of aromatic hydroxyl groups is 1. The third-order valence-electron chi connectivity index (χ3n) is 4.55. The van der Waals surface area contributed by atoms with Gasteiger partial charge in [-0.25, -0.2) is 4.98 Å². The fourth-order valence-electron chi connectivity index (χ4n) is 3.48. The van der Waals surface area contributed by atoms with Gasteiger partial charge in [0.15, 0.2) is 5.96 Å². The molecule has 0 spiro atoms. The maximum atomic E-state index is 12.9. The van der Waals surface area contributed by atoms with E-state index in [-0.39, 0.29) is 17.7 Å². The van der Waals surface area contributed by atoms with Crippen LogP contribution in [0.25, 0.3) is 11.1 Å². The second kappa shape index (κ2) is 6.78. The van der Waals surface area contributed by atoms with Crippen LogP contribution in [0.3, 0.4) is 0 Å². The highest BCUT2D eigenvalue weighted by Gasteiger charge is 2.45. The Hall–Kier alpha value is -2.89. The van der Waals surface area contributed by atoms with Crippen molar-refractivity contribution in [3.63, 3.8) is 0 Å². The van der Waals surface area contributed by atoms with Gasteiger partial charge in [0.05, 0.1) is 6.54 Å². The number of carbonyl (C=O) groups excluding carboxylic acids is 1. The number of carbonyl (C=O) groups is 1. The van der Waals surface area contributed by atoms with E-state index in [0.29, 0.717) is 18.9 Å². The van der Waals surface area contributed by atoms with Gasteiger partial charge in [0.2, 0.25) is 5.88 Å². The minimum atomic E-state index is -0.719. The van der Waals surface area contributed by atoms with Gasteiger partial charge in [0, 0.05) is 17.8 Å². The molecule has 1 aromatic heterocycles. The van der Waals surface area contributed by atoms with Crippen LogP contribution in [0.5, 0.6) is 5.88 Å². The molecule has 1 aliphatic heterocycles. The van der Waals surface area contributed by atoms with Crippen LogP contribution in [0.2, 0.25) is 0 Å². The van der Waals surface area contributed by atoms with Crippen molar-refractivity contribution < 1.29 is 9.90 Å². The van der Waals surface area contributed by atoms with E-state index in [2.05, 4.69) is 24.1 Å². The minimum absolute atomic E-state index is 0.0171. The second-order valence-electron chi connectivity index (χ2n) is 7.40. The molecule has 1 aliphatic rings. The van der Waals surface area contributed by atoms with Crippen LogP contribution in [0.15, 0.2) is 42.6 Å². The van der Waals surface area contributed by atoms with Gasteiger partial charge in [0.25, 0.3) is 5.91 Å². The summed E-state index contributed by atoms with van der Waals surface area (Å²) in [6, 6.07) is 11.1. The van der Waals surface area contributed by atoms with Gasteiger partial charge in [-0.2, -0.15) is 0 Å². The first-order chi connectivity index (χ1) is 12.3. The minimum Gasteiger partial charge on any atom is -0.493 e. The maximum Gasteiger partial charge on any atom is 0.255 e. The zero-order valence-corrected chi connectivity index (χ0v) is 15.3. The summed E-state index contributed by atoms with van der Waals surface area (Å²) in [7, 11) is 0. The zero-order chi connectivity index (χ0) is 18.9. The molecule has 1 aromatic carbocycles. The van der Waals surface area contributed by atoms with E-state index in [4.69, 9.17) is 5.41 Å². The summed E-state index contributed by atoms with van der Waals surface area (Å²) in [5, 5.41) is 20.6. The van der Waals surface area contributed by atoms with Gasteiger partial charge in [0.1, 0.15) is 5.54 Å². The summed E-state index contributed by atoms with van der Waals surface area (Å²) in [5.74, 6) is 0.425. The lowest BCUT2D eigenvalue weighted by molar-refractivity contribution is -0.131. The van der Waals surface area contributed by atoms with Crippen LogP contribution in [-0.2, 0) is 11.3 Å². The Bertz CT molecular complexity index is 832. The Labute approximate surface area is 153 Å². The van der Waals surface area contributed by atoms with E-state index in [1.54, 1.807) is 18.3 Å². The number of pyridine rings is 1. The molecular weight excluding hydrogens is 328 g/mol. The Morgan fingerprint density at radius 2 is 2.04 bits per heavy atom. The first-order valence-electron chi connectivity index (χ1n) is 8.71. The third-order valence-corrected chi connectivity index (χ3v) is 4.55. The molecule has 0 aliphatic carbocycles. The van der Waals surface area contributed by atoms with E-state index in [9.17, 15) is 9.90 Å². The fourth-order valence-corrected chi connectivity index (χ4v) is 3.48. The van der Waals surface area contributed by atoms with Gasteiger partial charge in [-0.05, 0) is 42.5 Å². The molecular formula is C20H24N4O2. The molecule has 6 nitrogen and oxygen atoms in total. The summed E-state index contributed by atoms with van der Waals surface area (Å²) in [4.78, 5) is 18.3. The van der Waals surface area contributed by atoms with E-state index in [0.717, 1.165) is 16.7 Å². The van der Waals surface area contributed by atoms with E-state index in [1.807, 2.05) is 31.2 Å². The standard InChI is InChI=1S/C20H24N4O2/c1-13(2)10-20(3)18(26)24(19(21)23-20)12-14-5-4-6-15(9-14)16-7-8-17(25)22-11-16/h4-9,11,13H,10,12H2,1-3H3,(H2,21,23)(H,22,25). The molecule has 0 bridgehead atoms. The third kappa shape index (κ3) is 3.54. The van der Waals surface area contributed by atoms with Crippen molar-refractivity contribution in [3.8, 4) is 17.0 Å². The molecule has 6 heteroatoms. The molecule has 3 N–H and O–H groups in total. The first kappa shape index (κ1) is 17.9. The molecule has 1 atom stereocenters. The largest absolute Gasteiger partial charge is 0.493 e. The van der Waals surface area contributed by atoms with Crippen LogP contribution < -0.4 is 5.32 Å². The van der Waals surface area contributed by atoms with E-state index < -0.39 is 5.54 Å². The molecule has 1 amide bonds. The number of hydrogen-bond acceptors (Lipinski definition) is 4. The average Bonchev–Trinajstić information content (AvgIpc) is 2.78. The van der Waals surface area contributed by atoms with Gasteiger partial charge in [-0.15, -0.1) is 0 Å². The fraction of sp³-hybridized carbons (Fsp3) is 0.350. The van der Waals surface area contributed by atoms with Crippen molar-refractivity contribution in [2.75, 3.05) is 0 Å².